The minimum atomic E-state index is 0.0751. The highest BCUT2D eigenvalue weighted by Gasteiger charge is 2.55. The number of ether oxygens (including phenoxy) is 1. The minimum Gasteiger partial charge on any atom is -0.497 e. The number of nitrogens with zero attached hydrogens (tertiary/aromatic N) is 3. The number of likely N-dealkylation sites (tertiary alicyclic amines) is 2. The van der Waals surface area contributed by atoms with E-state index in [1.807, 2.05) is 34.1 Å². The molecule has 0 bridgehead atoms. The van der Waals surface area contributed by atoms with E-state index in [-0.39, 0.29) is 17.2 Å². The van der Waals surface area contributed by atoms with Gasteiger partial charge < -0.3 is 19.4 Å². The number of amides is 2. The van der Waals surface area contributed by atoms with Gasteiger partial charge in [0.25, 0.3) is 0 Å². The van der Waals surface area contributed by atoms with Crippen molar-refractivity contribution < 1.29 is 14.3 Å². The van der Waals surface area contributed by atoms with E-state index in [2.05, 4.69) is 19.0 Å². The van der Waals surface area contributed by atoms with Crippen molar-refractivity contribution in [3.05, 3.63) is 29.8 Å². The number of hydrogen-bond acceptors (Lipinski definition) is 4. The lowest BCUT2D eigenvalue weighted by atomic mass is 9.71. The highest BCUT2D eigenvalue weighted by Crippen LogP contribution is 2.44. The van der Waals surface area contributed by atoms with Gasteiger partial charge in [0, 0.05) is 51.5 Å². The van der Waals surface area contributed by atoms with Gasteiger partial charge in [-0.3, -0.25) is 9.59 Å². The molecule has 2 amide bonds. The maximum atomic E-state index is 12.6. The predicted molar refractivity (Wildman–Crippen MR) is 105 cm³/mol. The summed E-state index contributed by atoms with van der Waals surface area (Å²) in [7, 11) is 5.79. The second-order valence-corrected chi connectivity index (χ2v) is 8.32. The van der Waals surface area contributed by atoms with E-state index in [4.69, 9.17) is 4.74 Å². The first-order valence-electron chi connectivity index (χ1n) is 9.64. The number of benzene rings is 1. The number of aryl methyl sites for hydroxylation is 1. The Labute approximate surface area is 162 Å². The summed E-state index contributed by atoms with van der Waals surface area (Å²) in [5, 5.41) is 0. The number of carbonyl (C=O) groups is 2. The van der Waals surface area contributed by atoms with Gasteiger partial charge >= 0.3 is 0 Å². The maximum absolute atomic E-state index is 12.6. The van der Waals surface area contributed by atoms with Crippen LogP contribution < -0.4 is 4.74 Å². The molecule has 6 heteroatoms. The second kappa shape index (κ2) is 7.89. The molecule has 0 saturated carbocycles. The van der Waals surface area contributed by atoms with E-state index < -0.39 is 0 Å². The third-order valence-corrected chi connectivity index (χ3v) is 5.99. The summed E-state index contributed by atoms with van der Waals surface area (Å²) >= 11 is 0. The summed E-state index contributed by atoms with van der Waals surface area (Å²) in [6.45, 7) is 5.73. The summed E-state index contributed by atoms with van der Waals surface area (Å²) < 4.78 is 5.17. The molecule has 2 aliphatic rings. The van der Waals surface area contributed by atoms with Crippen molar-refractivity contribution in [2.24, 2.45) is 11.3 Å². The number of carbonyl (C=O) groups excluding carboxylic acids is 2. The molecule has 2 fully saturated rings. The largest absolute Gasteiger partial charge is 0.497 e. The zero-order valence-electron chi connectivity index (χ0n) is 16.9. The molecule has 1 aromatic rings. The molecule has 0 aliphatic carbocycles. The highest BCUT2D eigenvalue weighted by atomic mass is 16.5. The molecular formula is C21H31N3O3. The Kier molecular flexibility index (Phi) is 5.75. The van der Waals surface area contributed by atoms with Gasteiger partial charge in [0.2, 0.25) is 11.8 Å². The zero-order chi connectivity index (χ0) is 19.6. The van der Waals surface area contributed by atoms with Crippen LogP contribution in [0.2, 0.25) is 0 Å². The molecule has 0 N–H and O–H groups in total. The van der Waals surface area contributed by atoms with Crippen molar-refractivity contribution in [2.75, 3.05) is 53.9 Å². The lowest BCUT2D eigenvalue weighted by Gasteiger charge is -2.51. The van der Waals surface area contributed by atoms with Gasteiger partial charge in [0.15, 0.2) is 0 Å². The molecule has 1 atom stereocenters. The van der Waals surface area contributed by atoms with Crippen LogP contribution in [0.1, 0.15) is 18.9 Å². The van der Waals surface area contributed by atoms with Gasteiger partial charge in [-0.05, 0) is 44.1 Å². The fourth-order valence-corrected chi connectivity index (χ4v) is 4.42. The average molecular weight is 373 g/mol. The van der Waals surface area contributed by atoms with Crippen LogP contribution in [-0.2, 0) is 16.0 Å². The molecule has 6 nitrogen and oxygen atoms in total. The van der Waals surface area contributed by atoms with E-state index in [1.165, 1.54) is 0 Å². The van der Waals surface area contributed by atoms with Crippen molar-refractivity contribution in [3.63, 3.8) is 0 Å². The Morgan fingerprint density at radius 1 is 1.15 bits per heavy atom. The molecule has 0 radical (unpaired) electrons. The molecule has 148 valence electrons. The van der Waals surface area contributed by atoms with Crippen LogP contribution in [0.15, 0.2) is 24.3 Å². The van der Waals surface area contributed by atoms with Crippen LogP contribution in [0.25, 0.3) is 0 Å². The van der Waals surface area contributed by atoms with Gasteiger partial charge in [0.1, 0.15) is 5.75 Å². The molecule has 3 rings (SSSR count). The summed E-state index contributed by atoms with van der Waals surface area (Å²) in [6, 6.07) is 7.88. The van der Waals surface area contributed by atoms with E-state index in [0.29, 0.717) is 12.3 Å². The quantitative estimate of drug-likeness (QED) is 0.758. The van der Waals surface area contributed by atoms with Crippen LogP contribution >= 0.6 is 0 Å². The van der Waals surface area contributed by atoms with Gasteiger partial charge in [-0.1, -0.05) is 12.1 Å². The van der Waals surface area contributed by atoms with Crippen LogP contribution in [0.5, 0.6) is 5.75 Å². The van der Waals surface area contributed by atoms with Crippen LogP contribution in [0.4, 0.5) is 0 Å². The van der Waals surface area contributed by atoms with Gasteiger partial charge in [-0.25, -0.2) is 0 Å². The standard InChI is InChI=1S/C21H31N3O3/c1-16(25)23-12-18(11-22(2)3)21(13-23)14-24(15-21)20(26)10-7-17-5-8-19(27-4)9-6-17/h5-6,8-9,18H,7,10-15H2,1-4H3. The van der Waals surface area contributed by atoms with Crippen molar-refractivity contribution in [2.45, 2.75) is 19.8 Å². The first-order chi connectivity index (χ1) is 12.8. The predicted octanol–water partition coefficient (Wildman–Crippen LogP) is 1.50. The Balaban J connectivity index is 1.54. The van der Waals surface area contributed by atoms with Gasteiger partial charge in [-0.2, -0.15) is 0 Å². The van der Waals surface area contributed by atoms with Crippen molar-refractivity contribution in [1.29, 1.82) is 0 Å². The number of hydrogen-bond donors (Lipinski definition) is 0. The third-order valence-electron chi connectivity index (χ3n) is 5.99. The lowest BCUT2D eigenvalue weighted by molar-refractivity contribution is -0.145. The Bertz CT molecular complexity index is 680. The first kappa shape index (κ1) is 19.7. The zero-order valence-corrected chi connectivity index (χ0v) is 16.9. The van der Waals surface area contributed by atoms with E-state index >= 15 is 0 Å². The van der Waals surface area contributed by atoms with Gasteiger partial charge in [0.05, 0.1) is 7.11 Å². The molecule has 0 aromatic heterocycles. The average Bonchev–Trinajstić information content (AvgIpc) is 2.98. The molecule has 2 aliphatic heterocycles. The molecule has 2 heterocycles. The SMILES string of the molecule is COc1ccc(CCC(=O)N2CC3(CN(C(C)=O)CC3CN(C)C)C2)cc1. The summed E-state index contributed by atoms with van der Waals surface area (Å²) in [6.07, 6.45) is 1.27. The molecule has 27 heavy (non-hydrogen) atoms. The van der Waals surface area contributed by atoms with E-state index in [0.717, 1.165) is 50.5 Å². The van der Waals surface area contributed by atoms with Crippen LogP contribution in [0.3, 0.4) is 0 Å². The summed E-state index contributed by atoms with van der Waals surface area (Å²) in [5.74, 6) is 1.61. The fraction of sp³-hybridized carbons (Fsp3) is 0.619. The van der Waals surface area contributed by atoms with Crippen molar-refractivity contribution in [1.82, 2.24) is 14.7 Å². The second-order valence-electron chi connectivity index (χ2n) is 8.32. The lowest BCUT2D eigenvalue weighted by Crippen LogP contribution is -2.63. The van der Waals surface area contributed by atoms with E-state index in [1.54, 1.807) is 14.0 Å². The first-order valence-corrected chi connectivity index (χ1v) is 9.64. The summed E-state index contributed by atoms with van der Waals surface area (Å²) in [5.41, 5.74) is 1.22. The normalized spacial score (nSPS) is 20.9. The van der Waals surface area contributed by atoms with Crippen molar-refractivity contribution in [3.8, 4) is 5.75 Å². The monoisotopic (exact) mass is 373 g/mol. The molecule has 2 saturated heterocycles. The van der Waals surface area contributed by atoms with Crippen molar-refractivity contribution >= 4 is 11.8 Å². The van der Waals surface area contributed by atoms with Crippen LogP contribution in [-0.4, -0.2) is 80.4 Å². The van der Waals surface area contributed by atoms with Gasteiger partial charge in [-0.15, -0.1) is 0 Å². The minimum absolute atomic E-state index is 0.0751. The fourth-order valence-electron chi connectivity index (χ4n) is 4.42. The number of methoxy groups -OCH3 is 1. The molecule has 1 aromatic carbocycles. The maximum Gasteiger partial charge on any atom is 0.222 e. The topological polar surface area (TPSA) is 53.1 Å². The van der Waals surface area contributed by atoms with E-state index in [9.17, 15) is 9.59 Å². The molecular weight excluding hydrogens is 342 g/mol. The Morgan fingerprint density at radius 2 is 1.78 bits per heavy atom. The number of rotatable bonds is 6. The Hall–Kier alpha value is -2.08. The smallest absolute Gasteiger partial charge is 0.222 e. The summed E-state index contributed by atoms with van der Waals surface area (Å²) in [4.78, 5) is 30.6. The van der Waals surface area contributed by atoms with Crippen LogP contribution in [0, 0.1) is 11.3 Å². The Morgan fingerprint density at radius 3 is 2.33 bits per heavy atom. The molecule has 1 spiro atoms. The third kappa shape index (κ3) is 4.26. The molecule has 1 unspecified atom stereocenters. The highest BCUT2D eigenvalue weighted by molar-refractivity contribution is 5.78.